The average molecular weight is 325 g/mol. The number of amides is 2. The molecular weight excluding hydrogens is 308 g/mol. The molecule has 0 bridgehead atoms. The van der Waals surface area contributed by atoms with E-state index in [-0.39, 0.29) is 5.56 Å². The number of thiazole rings is 1. The molecular formula is C15H17F2N3OS. The molecule has 1 aromatic carbocycles. The maximum Gasteiger partial charge on any atom is 0.315 e. The van der Waals surface area contributed by atoms with E-state index in [1.54, 1.807) is 5.51 Å². The highest BCUT2D eigenvalue weighted by molar-refractivity contribution is 7.07. The SMILES string of the molecule is CCC[C@@H](NC(=O)NCc1cscn1)c1ccc(F)cc1F. The molecule has 4 nitrogen and oxygen atoms in total. The normalized spacial score (nSPS) is 12.0. The Morgan fingerprint density at radius 2 is 2.23 bits per heavy atom. The quantitative estimate of drug-likeness (QED) is 0.849. The van der Waals surface area contributed by atoms with E-state index in [2.05, 4.69) is 15.6 Å². The topological polar surface area (TPSA) is 54.0 Å². The summed E-state index contributed by atoms with van der Waals surface area (Å²) >= 11 is 1.45. The van der Waals surface area contributed by atoms with Gasteiger partial charge in [0.15, 0.2) is 0 Å². The van der Waals surface area contributed by atoms with E-state index < -0.39 is 23.7 Å². The van der Waals surface area contributed by atoms with Crippen molar-refractivity contribution in [1.82, 2.24) is 15.6 Å². The lowest BCUT2D eigenvalue weighted by Crippen LogP contribution is -2.38. The van der Waals surface area contributed by atoms with Crippen molar-refractivity contribution >= 4 is 17.4 Å². The highest BCUT2D eigenvalue weighted by atomic mass is 32.1. The van der Waals surface area contributed by atoms with Crippen molar-refractivity contribution in [2.45, 2.75) is 32.4 Å². The molecule has 1 aromatic heterocycles. The monoisotopic (exact) mass is 325 g/mol. The minimum Gasteiger partial charge on any atom is -0.332 e. The first kappa shape index (κ1) is 16.4. The van der Waals surface area contributed by atoms with Crippen molar-refractivity contribution in [3.8, 4) is 0 Å². The van der Waals surface area contributed by atoms with Gasteiger partial charge in [-0.1, -0.05) is 19.4 Å². The fourth-order valence-electron chi connectivity index (χ4n) is 2.08. The van der Waals surface area contributed by atoms with Crippen molar-refractivity contribution in [2.75, 3.05) is 0 Å². The first-order valence-corrected chi connectivity index (χ1v) is 7.90. The van der Waals surface area contributed by atoms with E-state index in [1.807, 2.05) is 12.3 Å². The van der Waals surface area contributed by atoms with Crippen molar-refractivity contribution in [3.05, 3.63) is 52.0 Å². The number of carbonyl (C=O) groups is 1. The summed E-state index contributed by atoms with van der Waals surface area (Å²) in [5, 5.41) is 7.23. The molecule has 0 unspecified atom stereocenters. The minimum absolute atomic E-state index is 0.284. The molecule has 118 valence electrons. The van der Waals surface area contributed by atoms with E-state index in [1.165, 1.54) is 23.5 Å². The average Bonchev–Trinajstić information content (AvgIpc) is 2.98. The van der Waals surface area contributed by atoms with Crippen molar-refractivity contribution < 1.29 is 13.6 Å². The zero-order valence-corrected chi connectivity index (χ0v) is 12.9. The Hall–Kier alpha value is -2.02. The van der Waals surface area contributed by atoms with Crippen LogP contribution in [0.4, 0.5) is 13.6 Å². The first-order valence-electron chi connectivity index (χ1n) is 6.96. The Bertz CT molecular complexity index is 619. The summed E-state index contributed by atoms with van der Waals surface area (Å²) < 4.78 is 26.9. The molecule has 0 aliphatic carbocycles. The molecule has 0 saturated carbocycles. The van der Waals surface area contributed by atoms with E-state index in [9.17, 15) is 13.6 Å². The molecule has 2 aromatic rings. The Kier molecular flexibility index (Phi) is 5.83. The smallest absolute Gasteiger partial charge is 0.315 e. The second-order valence-electron chi connectivity index (χ2n) is 4.81. The number of hydrogen-bond acceptors (Lipinski definition) is 3. The molecule has 7 heteroatoms. The highest BCUT2D eigenvalue weighted by Crippen LogP contribution is 2.22. The Balaban J connectivity index is 1.99. The van der Waals surface area contributed by atoms with Gasteiger partial charge in [-0.25, -0.2) is 18.6 Å². The molecule has 0 saturated heterocycles. The molecule has 0 spiro atoms. The number of hydrogen-bond donors (Lipinski definition) is 2. The molecule has 0 aliphatic heterocycles. The van der Waals surface area contributed by atoms with E-state index >= 15 is 0 Å². The van der Waals surface area contributed by atoms with Gasteiger partial charge in [0, 0.05) is 17.0 Å². The second kappa shape index (κ2) is 7.84. The van der Waals surface area contributed by atoms with Crippen LogP contribution in [-0.4, -0.2) is 11.0 Å². The summed E-state index contributed by atoms with van der Waals surface area (Å²) in [6, 6.07) is 2.48. The van der Waals surface area contributed by atoms with Gasteiger partial charge in [-0.15, -0.1) is 11.3 Å². The fraction of sp³-hybridized carbons (Fsp3) is 0.333. The van der Waals surface area contributed by atoms with Crippen molar-refractivity contribution in [2.24, 2.45) is 0 Å². The zero-order valence-electron chi connectivity index (χ0n) is 12.1. The van der Waals surface area contributed by atoms with E-state index in [0.717, 1.165) is 18.2 Å². The van der Waals surface area contributed by atoms with Gasteiger partial charge in [-0.3, -0.25) is 0 Å². The number of aromatic nitrogens is 1. The summed E-state index contributed by atoms with van der Waals surface area (Å²) in [6.45, 7) is 2.24. The summed E-state index contributed by atoms with van der Waals surface area (Å²) in [4.78, 5) is 16.0. The molecule has 1 atom stereocenters. The standard InChI is InChI=1S/C15H17F2N3OS/c1-2-3-14(12-5-4-10(16)6-13(12)17)20-15(21)18-7-11-8-22-9-19-11/h4-6,8-9,14H,2-3,7H2,1H3,(H2,18,20,21)/t14-/m1/s1. The maximum absolute atomic E-state index is 13.9. The van der Waals surface area contributed by atoms with Crippen LogP contribution in [0.1, 0.15) is 37.1 Å². The second-order valence-corrected chi connectivity index (χ2v) is 5.53. The molecule has 2 N–H and O–H groups in total. The number of benzene rings is 1. The zero-order chi connectivity index (χ0) is 15.9. The molecule has 0 aliphatic rings. The number of nitrogens with zero attached hydrogens (tertiary/aromatic N) is 1. The molecule has 0 fully saturated rings. The van der Waals surface area contributed by atoms with Gasteiger partial charge >= 0.3 is 6.03 Å². The Morgan fingerprint density at radius 3 is 2.86 bits per heavy atom. The molecule has 1 heterocycles. The van der Waals surface area contributed by atoms with Crippen LogP contribution in [0.3, 0.4) is 0 Å². The van der Waals surface area contributed by atoms with Crippen LogP contribution in [0, 0.1) is 11.6 Å². The first-order chi connectivity index (χ1) is 10.6. The van der Waals surface area contributed by atoms with Gasteiger partial charge in [-0.05, 0) is 12.5 Å². The predicted molar refractivity (Wildman–Crippen MR) is 81.5 cm³/mol. The van der Waals surface area contributed by atoms with Crippen LogP contribution in [0.15, 0.2) is 29.1 Å². The van der Waals surface area contributed by atoms with E-state index in [4.69, 9.17) is 0 Å². The predicted octanol–water partition coefficient (Wildman–Crippen LogP) is 3.76. The minimum atomic E-state index is -0.654. The number of urea groups is 1. The molecule has 2 amide bonds. The lowest BCUT2D eigenvalue weighted by Gasteiger charge is -2.19. The van der Waals surface area contributed by atoms with Crippen LogP contribution < -0.4 is 10.6 Å². The summed E-state index contributed by atoms with van der Waals surface area (Å²) in [5.74, 6) is -1.29. The largest absolute Gasteiger partial charge is 0.332 e. The van der Waals surface area contributed by atoms with Crippen LogP contribution in [0.2, 0.25) is 0 Å². The lowest BCUT2D eigenvalue weighted by atomic mass is 10.0. The maximum atomic E-state index is 13.9. The van der Waals surface area contributed by atoms with Crippen LogP contribution >= 0.6 is 11.3 Å². The van der Waals surface area contributed by atoms with Gasteiger partial charge in [-0.2, -0.15) is 0 Å². The summed E-state index contributed by atoms with van der Waals surface area (Å²) in [5.41, 5.74) is 2.73. The number of carbonyl (C=O) groups excluding carboxylic acids is 1. The van der Waals surface area contributed by atoms with E-state index in [0.29, 0.717) is 13.0 Å². The van der Waals surface area contributed by atoms with Crippen LogP contribution in [0.25, 0.3) is 0 Å². The third kappa shape index (κ3) is 4.49. The van der Waals surface area contributed by atoms with Crippen molar-refractivity contribution in [3.63, 3.8) is 0 Å². The summed E-state index contributed by atoms with van der Waals surface area (Å²) in [6.07, 6.45) is 1.32. The number of rotatable bonds is 6. The van der Waals surface area contributed by atoms with Gasteiger partial charge in [0.25, 0.3) is 0 Å². The highest BCUT2D eigenvalue weighted by Gasteiger charge is 2.18. The van der Waals surface area contributed by atoms with Gasteiger partial charge in [0.1, 0.15) is 11.6 Å². The third-order valence-electron chi connectivity index (χ3n) is 3.13. The fourth-order valence-corrected chi connectivity index (χ4v) is 2.64. The molecule has 2 rings (SSSR count). The molecule has 22 heavy (non-hydrogen) atoms. The lowest BCUT2D eigenvalue weighted by molar-refractivity contribution is 0.235. The summed E-state index contributed by atoms with van der Waals surface area (Å²) in [7, 11) is 0. The number of nitrogens with one attached hydrogen (secondary N) is 2. The van der Waals surface area contributed by atoms with Gasteiger partial charge in [0.05, 0.1) is 23.8 Å². The third-order valence-corrected chi connectivity index (χ3v) is 3.77. The van der Waals surface area contributed by atoms with Gasteiger partial charge in [0.2, 0.25) is 0 Å². The van der Waals surface area contributed by atoms with Gasteiger partial charge < -0.3 is 10.6 Å². The van der Waals surface area contributed by atoms with Crippen LogP contribution in [0.5, 0.6) is 0 Å². The Morgan fingerprint density at radius 1 is 1.41 bits per heavy atom. The molecule has 0 radical (unpaired) electrons. The van der Waals surface area contributed by atoms with Crippen LogP contribution in [-0.2, 0) is 6.54 Å². The van der Waals surface area contributed by atoms with Crippen molar-refractivity contribution in [1.29, 1.82) is 0 Å². The number of halogens is 2. The Labute approximate surface area is 131 Å².